The smallest absolute Gasteiger partial charge is 0.337 e. The third-order valence-corrected chi connectivity index (χ3v) is 4.51. The van der Waals surface area contributed by atoms with Crippen LogP contribution in [0.5, 0.6) is 0 Å². The monoisotopic (exact) mass is 418 g/mol. The van der Waals surface area contributed by atoms with Crippen LogP contribution in [0.4, 0.5) is 5.69 Å². The highest BCUT2D eigenvalue weighted by molar-refractivity contribution is 9.11. The minimum Gasteiger partial charge on any atom is -0.478 e. The van der Waals surface area contributed by atoms with E-state index in [4.69, 9.17) is 0 Å². The molecule has 1 heterocycles. The molecule has 1 aromatic carbocycles. The van der Waals surface area contributed by atoms with E-state index >= 15 is 0 Å². The Bertz CT molecular complexity index is 557. The Morgan fingerprint density at radius 2 is 2.14 bits per heavy atom. The molecule has 1 aliphatic heterocycles. The summed E-state index contributed by atoms with van der Waals surface area (Å²) in [5.41, 5.74) is 0.367. The van der Waals surface area contributed by atoms with Gasteiger partial charge in [0.25, 0.3) is 0 Å². The Morgan fingerprint density at radius 3 is 2.76 bits per heavy atom. The van der Waals surface area contributed by atoms with Crippen LogP contribution in [0.2, 0.25) is 0 Å². The standard InChI is InChI=1S/C14H16Br2N2O3/c15-9-5-10(14(20)21)13(11(16)6-9)18-12(19)4-8-2-1-3-17-7-8/h5-6,8,17H,1-4,7H2,(H,18,19)(H,20,21). The average Bonchev–Trinajstić information content (AvgIpc) is 2.42. The lowest BCUT2D eigenvalue weighted by Crippen LogP contribution is -2.32. The van der Waals surface area contributed by atoms with Gasteiger partial charge in [-0.2, -0.15) is 0 Å². The summed E-state index contributed by atoms with van der Waals surface area (Å²) in [5.74, 6) is -0.929. The van der Waals surface area contributed by atoms with E-state index in [1.54, 1.807) is 6.07 Å². The van der Waals surface area contributed by atoms with Gasteiger partial charge >= 0.3 is 5.97 Å². The Kier molecular flexibility index (Phi) is 5.78. The molecule has 0 aliphatic carbocycles. The van der Waals surface area contributed by atoms with Gasteiger partial charge in [-0.1, -0.05) is 15.9 Å². The molecule has 7 heteroatoms. The highest BCUT2D eigenvalue weighted by atomic mass is 79.9. The molecule has 0 aromatic heterocycles. The van der Waals surface area contributed by atoms with Gasteiger partial charge in [-0.3, -0.25) is 4.79 Å². The van der Waals surface area contributed by atoms with E-state index in [9.17, 15) is 14.7 Å². The third-order valence-electron chi connectivity index (χ3n) is 3.42. The quantitative estimate of drug-likeness (QED) is 0.699. The second-order valence-electron chi connectivity index (χ2n) is 5.08. The molecule has 1 aliphatic rings. The fourth-order valence-electron chi connectivity index (χ4n) is 2.42. The lowest BCUT2D eigenvalue weighted by atomic mass is 9.96. The molecule has 0 bridgehead atoms. The molecule has 1 fully saturated rings. The lowest BCUT2D eigenvalue weighted by Gasteiger charge is -2.22. The zero-order chi connectivity index (χ0) is 15.4. The van der Waals surface area contributed by atoms with E-state index in [-0.39, 0.29) is 11.5 Å². The Morgan fingerprint density at radius 1 is 1.38 bits per heavy atom. The molecule has 21 heavy (non-hydrogen) atoms. The summed E-state index contributed by atoms with van der Waals surface area (Å²) in [6.45, 7) is 1.83. The summed E-state index contributed by atoms with van der Waals surface area (Å²) < 4.78 is 1.19. The molecular weight excluding hydrogens is 404 g/mol. The van der Waals surface area contributed by atoms with Crippen molar-refractivity contribution in [3.63, 3.8) is 0 Å². The molecule has 1 saturated heterocycles. The number of hydrogen-bond donors (Lipinski definition) is 3. The van der Waals surface area contributed by atoms with Crippen LogP contribution in [-0.2, 0) is 4.79 Å². The van der Waals surface area contributed by atoms with Gasteiger partial charge in [-0.25, -0.2) is 4.79 Å². The number of hydrogen-bond acceptors (Lipinski definition) is 3. The second-order valence-corrected chi connectivity index (χ2v) is 6.85. The van der Waals surface area contributed by atoms with E-state index in [2.05, 4.69) is 42.5 Å². The van der Waals surface area contributed by atoms with E-state index in [1.807, 2.05) is 0 Å². The van der Waals surface area contributed by atoms with Crippen molar-refractivity contribution in [2.75, 3.05) is 18.4 Å². The number of rotatable bonds is 4. The predicted molar refractivity (Wildman–Crippen MR) is 87.6 cm³/mol. The van der Waals surface area contributed by atoms with Gasteiger partial charge in [0.1, 0.15) is 0 Å². The molecule has 1 aromatic rings. The first kappa shape index (κ1) is 16.5. The Hall–Kier alpha value is -0.920. The molecule has 114 valence electrons. The average molecular weight is 420 g/mol. The molecule has 5 nitrogen and oxygen atoms in total. The molecular formula is C14H16Br2N2O3. The van der Waals surface area contributed by atoms with Crippen molar-refractivity contribution in [1.82, 2.24) is 5.32 Å². The van der Waals surface area contributed by atoms with Gasteiger partial charge in [0.15, 0.2) is 0 Å². The molecule has 0 radical (unpaired) electrons. The van der Waals surface area contributed by atoms with Crippen LogP contribution in [0.1, 0.15) is 29.6 Å². The van der Waals surface area contributed by atoms with Gasteiger partial charge < -0.3 is 15.7 Å². The van der Waals surface area contributed by atoms with E-state index < -0.39 is 5.97 Å². The van der Waals surface area contributed by atoms with Crippen molar-refractivity contribution in [1.29, 1.82) is 0 Å². The van der Waals surface area contributed by atoms with Crippen molar-refractivity contribution < 1.29 is 14.7 Å². The molecule has 3 N–H and O–H groups in total. The van der Waals surface area contributed by atoms with E-state index in [1.165, 1.54) is 6.07 Å². The van der Waals surface area contributed by atoms with Gasteiger partial charge in [0.2, 0.25) is 5.91 Å². The van der Waals surface area contributed by atoms with Crippen LogP contribution >= 0.6 is 31.9 Å². The third kappa shape index (κ3) is 4.52. The number of benzene rings is 1. The molecule has 0 saturated carbocycles. The first-order valence-electron chi connectivity index (χ1n) is 6.70. The Balaban J connectivity index is 2.11. The van der Waals surface area contributed by atoms with Crippen LogP contribution in [0.3, 0.4) is 0 Å². The summed E-state index contributed by atoms with van der Waals surface area (Å²) in [4.78, 5) is 23.4. The maximum atomic E-state index is 12.1. The van der Waals surface area contributed by atoms with Crippen molar-refractivity contribution >= 4 is 49.4 Å². The SMILES string of the molecule is O=C(CC1CCCNC1)Nc1c(Br)cc(Br)cc1C(=O)O. The molecule has 1 amide bonds. The van der Waals surface area contributed by atoms with Crippen molar-refractivity contribution in [3.8, 4) is 0 Å². The highest BCUT2D eigenvalue weighted by Gasteiger charge is 2.20. The van der Waals surface area contributed by atoms with Gasteiger partial charge in [0.05, 0.1) is 11.3 Å². The number of halogens is 2. The number of carboxylic acid groups (broad SMARTS) is 1. The van der Waals surface area contributed by atoms with E-state index in [0.717, 1.165) is 25.9 Å². The number of carboxylic acids is 1. The molecule has 0 spiro atoms. The molecule has 1 unspecified atom stereocenters. The summed E-state index contributed by atoms with van der Waals surface area (Å²) in [7, 11) is 0. The number of anilines is 1. The van der Waals surface area contributed by atoms with Crippen molar-refractivity contribution in [3.05, 3.63) is 26.6 Å². The summed E-state index contributed by atoms with van der Waals surface area (Å²) in [6, 6.07) is 3.19. The second kappa shape index (κ2) is 7.38. The van der Waals surface area contributed by atoms with E-state index in [0.29, 0.717) is 27.0 Å². The topological polar surface area (TPSA) is 78.4 Å². The van der Waals surface area contributed by atoms with Crippen LogP contribution in [-0.4, -0.2) is 30.1 Å². The number of carbonyl (C=O) groups is 2. The van der Waals surface area contributed by atoms with Crippen LogP contribution < -0.4 is 10.6 Å². The fourth-order valence-corrected chi connectivity index (χ4v) is 3.74. The summed E-state index contributed by atoms with van der Waals surface area (Å²) in [6.07, 6.45) is 2.49. The van der Waals surface area contributed by atoms with Crippen LogP contribution in [0.15, 0.2) is 21.1 Å². The zero-order valence-electron chi connectivity index (χ0n) is 11.3. The number of amides is 1. The minimum atomic E-state index is -1.08. The maximum Gasteiger partial charge on any atom is 0.337 e. The summed E-state index contributed by atoms with van der Waals surface area (Å²) in [5, 5.41) is 15.2. The normalized spacial score (nSPS) is 18.3. The zero-order valence-corrected chi connectivity index (χ0v) is 14.5. The van der Waals surface area contributed by atoms with Crippen LogP contribution in [0.25, 0.3) is 0 Å². The lowest BCUT2D eigenvalue weighted by molar-refractivity contribution is -0.117. The van der Waals surface area contributed by atoms with Crippen LogP contribution in [0, 0.1) is 5.92 Å². The number of aromatic carboxylic acids is 1. The Labute approximate surface area is 139 Å². The first-order chi connectivity index (χ1) is 9.97. The minimum absolute atomic E-state index is 0.0615. The largest absolute Gasteiger partial charge is 0.478 e. The fraction of sp³-hybridized carbons (Fsp3) is 0.429. The number of carbonyl (C=O) groups excluding carboxylic acids is 1. The first-order valence-corrected chi connectivity index (χ1v) is 8.29. The summed E-state index contributed by atoms with van der Waals surface area (Å²) >= 11 is 6.55. The maximum absolute atomic E-state index is 12.1. The van der Waals surface area contributed by atoms with Gasteiger partial charge in [-0.05, 0) is 59.9 Å². The van der Waals surface area contributed by atoms with Gasteiger partial charge in [-0.15, -0.1) is 0 Å². The van der Waals surface area contributed by atoms with Crippen molar-refractivity contribution in [2.45, 2.75) is 19.3 Å². The highest BCUT2D eigenvalue weighted by Crippen LogP contribution is 2.31. The molecule has 2 rings (SSSR count). The molecule has 1 atom stereocenters. The number of piperidine rings is 1. The predicted octanol–water partition coefficient (Wildman–Crippen LogP) is 3.24. The van der Waals surface area contributed by atoms with Crippen molar-refractivity contribution in [2.24, 2.45) is 5.92 Å². The van der Waals surface area contributed by atoms with Gasteiger partial charge in [0, 0.05) is 15.4 Å². The number of nitrogens with one attached hydrogen (secondary N) is 2.